The van der Waals surface area contributed by atoms with Crippen molar-refractivity contribution in [1.82, 2.24) is 10.6 Å². The zero-order chi connectivity index (χ0) is 15.2. The van der Waals surface area contributed by atoms with E-state index in [0.717, 1.165) is 5.69 Å². The average Bonchev–Trinajstić information content (AvgIpc) is 2.38. The topological polar surface area (TPSA) is 62.4 Å². The van der Waals surface area contributed by atoms with Crippen LogP contribution in [-0.4, -0.2) is 19.2 Å². The van der Waals surface area contributed by atoms with E-state index in [-0.39, 0.29) is 17.5 Å². The van der Waals surface area contributed by atoms with Gasteiger partial charge in [-0.2, -0.15) is 0 Å². The van der Waals surface area contributed by atoms with Crippen molar-refractivity contribution in [2.75, 3.05) is 12.6 Å². The largest absolute Gasteiger partial charge is 0.371 e. The molecule has 1 aromatic carbocycles. The summed E-state index contributed by atoms with van der Waals surface area (Å²) in [5, 5.41) is 6.01. The summed E-state index contributed by atoms with van der Waals surface area (Å²) >= 11 is 0. The predicted octanol–water partition coefficient (Wildman–Crippen LogP) is 2.50. The number of rotatable bonds is 6. The van der Waals surface area contributed by atoms with Crippen molar-refractivity contribution in [3.8, 4) is 0 Å². The molecule has 110 valence electrons. The first-order chi connectivity index (χ1) is 9.38. The standard InChI is InChI=1S/C15H23N3O2/c1-6-16-14(15(2,3)4)17-13(19)11-8-7-9-12(10-11)18-20-5/h6-10,14,16,18H,1H2,2-5H3,(H,17,19). The van der Waals surface area contributed by atoms with E-state index in [9.17, 15) is 4.79 Å². The quantitative estimate of drug-likeness (QED) is 0.552. The van der Waals surface area contributed by atoms with Crippen molar-refractivity contribution in [1.29, 1.82) is 0 Å². The Kier molecular flexibility index (Phi) is 5.58. The Bertz CT molecular complexity index is 466. The molecule has 0 bridgehead atoms. The number of amides is 1. The molecule has 0 aliphatic heterocycles. The van der Waals surface area contributed by atoms with Crippen molar-refractivity contribution >= 4 is 11.6 Å². The molecule has 1 unspecified atom stereocenters. The molecule has 1 rings (SSSR count). The lowest BCUT2D eigenvalue weighted by Crippen LogP contribution is -2.51. The summed E-state index contributed by atoms with van der Waals surface area (Å²) < 4.78 is 0. The molecule has 1 aromatic rings. The van der Waals surface area contributed by atoms with Crippen molar-refractivity contribution in [2.45, 2.75) is 26.9 Å². The molecule has 20 heavy (non-hydrogen) atoms. The van der Waals surface area contributed by atoms with E-state index in [2.05, 4.69) is 22.7 Å². The number of carbonyl (C=O) groups is 1. The van der Waals surface area contributed by atoms with Gasteiger partial charge >= 0.3 is 0 Å². The molecule has 3 N–H and O–H groups in total. The number of hydrogen-bond acceptors (Lipinski definition) is 4. The number of anilines is 1. The van der Waals surface area contributed by atoms with Gasteiger partial charge < -0.3 is 10.6 Å². The minimum absolute atomic E-state index is 0.133. The maximum absolute atomic E-state index is 12.3. The maximum Gasteiger partial charge on any atom is 0.252 e. The highest BCUT2D eigenvalue weighted by atomic mass is 16.6. The Labute approximate surface area is 120 Å². The summed E-state index contributed by atoms with van der Waals surface area (Å²) in [6, 6.07) is 7.10. The Morgan fingerprint density at radius 1 is 1.40 bits per heavy atom. The van der Waals surface area contributed by atoms with E-state index in [0.29, 0.717) is 5.56 Å². The molecule has 0 heterocycles. The first kappa shape index (κ1) is 16.0. The summed E-state index contributed by atoms with van der Waals surface area (Å²) in [4.78, 5) is 17.1. The number of hydrogen-bond donors (Lipinski definition) is 3. The van der Waals surface area contributed by atoms with Crippen molar-refractivity contribution in [2.24, 2.45) is 5.41 Å². The van der Waals surface area contributed by atoms with E-state index in [4.69, 9.17) is 4.84 Å². The molecule has 0 aromatic heterocycles. The van der Waals surface area contributed by atoms with Crippen LogP contribution in [0.3, 0.4) is 0 Å². The average molecular weight is 277 g/mol. The lowest BCUT2D eigenvalue weighted by atomic mass is 9.92. The Morgan fingerprint density at radius 3 is 2.65 bits per heavy atom. The molecular weight excluding hydrogens is 254 g/mol. The molecule has 1 amide bonds. The SMILES string of the molecule is C=CNC(NC(=O)c1cccc(NOC)c1)C(C)(C)C. The van der Waals surface area contributed by atoms with Crippen LogP contribution in [-0.2, 0) is 4.84 Å². The zero-order valence-electron chi connectivity index (χ0n) is 12.5. The van der Waals surface area contributed by atoms with Gasteiger partial charge in [-0.05, 0) is 24.4 Å². The van der Waals surface area contributed by atoms with Crippen molar-refractivity contribution in [3.05, 3.63) is 42.6 Å². The minimum Gasteiger partial charge on any atom is -0.371 e. The minimum atomic E-state index is -0.202. The maximum atomic E-state index is 12.3. The third kappa shape index (κ3) is 4.59. The smallest absolute Gasteiger partial charge is 0.252 e. The fraction of sp³-hybridized carbons (Fsp3) is 0.400. The van der Waals surface area contributed by atoms with Gasteiger partial charge in [0.2, 0.25) is 0 Å². The van der Waals surface area contributed by atoms with E-state index < -0.39 is 0 Å². The van der Waals surface area contributed by atoms with Gasteiger partial charge in [0.25, 0.3) is 5.91 Å². The van der Waals surface area contributed by atoms with Crippen molar-refractivity contribution in [3.63, 3.8) is 0 Å². The van der Waals surface area contributed by atoms with Gasteiger partial charge in [-0.3, -0.25) is 15.1 Å². The third-order valence-electron chi connectivity index (χ3n) is 2.77. The van der Waals surface area contributed by atoms with Crippen LogP contribution in [0.25, 0.3) is 0 Å². The number of carbonyl (C=O) groups excluding carboxylic acids is 1. The fourth-order valence-corrected chi connectivity index (χ4v) is 1.68. The number of nitrogens with one attached hydrogen (secondary N) is 3. The van der Waals surface area contributed by atoms with Gasteiger partial charge in [0.15, 0.2) is 0 Å². The molecule has 0 saturated heterocycles. The van der Waals surface area contributed by atoms with Gasteiger partial charge in [0.05, 0.1) is 12.8 Å². The predicted molar refractivity (Wildman–Crippen MR) is 81.1 cm³/mol. The monoisotopic (exact) mass is 277 g/mol. The molecule has 0 spiro atoms. The highest BCUT2D eigenvalue weighted by Crippen LogP contribution is 2.18. The second kappa shape index (κ2) is 6.96. The third-order valence-corrected chi connectivity index (χ3v) is 2.77. The van der Waals surface area contributed by atoms with Crippen molar-refractivity contribution < 1.29 is 9.63 Å². The van der Waals surface area contributed by atoms with E-state index in [1.165, 1.54) is 7.11 Å². The van der Waals surface area contributed by atoms with Crippen LogP contribution < -0.4 is 16.1 Å². The van der Waals surface area contributed by atoms with E-state index in [1.54, 1.807) is 24.4 Å². The molecule has 0 radical (unpaired) electrons. The van der Waals surface area contributed by atoms with Crippen LogP contribution in [0, 0.1) is 5.41 Å². The molecular formula is C15H23N3O2. The summed E-state index contributed by atoms with van der Waals surface area (Å²) in [5.41, 5.74) is 3.86. The van der Waals surface area contributed by atoms with Crippen LogP contribution in [0.4, 0.5) is 5.69 Å². The molecule has 0 saturated carbocycles. The summed E-state index contributed by atoms with van der Waals surface area (Å²) in [6.45, 7) is 9.76. The van der Waals surface area contributed by atoms with Crippen LogP contribution in [0.1, 0.15) is 31.1 Å². The van der Waals surface area contributed by atoms with E-state index in [1.807, 2.05) is 26.8 Å². The van der Waals surface area contributed by atoms with Crippen LogP contribution in [0.15, 0.2) is 37.0 Å². The fourth-order valence-electron chi connectivity index (χ4n) is 1.68. The molecule has 1 atom stereocenters. The second-order valence-electron chi connectivity index (χ2n) is 5.53. The highest BCUT2D eigenvalue weighted by Gasteiger charge is 2.25. The molecule has 5 heteroatoms. The summed E-state index contributed by atoms with van der Waals surface area (Å²) in [7, 11) is 1.52. The van der Waals surface area contributed by atoms with Crippen LogP contribution >= 0.6 is 0 Å². The second-order valence-corrected chi connectivity index (χ2v) is 5.53. The molecule has 0 aliphatic carbocycles. The number of benzene rings is 1. The lowest BCUT2D eigenvalue weighted by molar-refractivity contribution is 0.0891. The van der Waals surface area contributed by atoms with Gasteiger partial charge in [-0.1, -0.05) is 33.4 Å². The highest BCUT2D eigenvalue weighted by molar-refractivity contribution is 5.95. The Morgan fingerprint density at radius 2 is 2.10 bits per heavy atom. The van der Waals surface area contributed by atoms with E-state index >= 15 is 0 Å². The van der Waals surface area contributed by atoms with Gasteiger partial charge in [-0.25, -0.2) is 0 Å². The Balaban J connectivity index is 2.83. The first-order valence-corrected chi connectivity index (χ1v) is 6.45. The van der Waals surface area contributed by atoms with Gasteiger partial charge in [-0.15, -0.1) is 0 Å². The summed E-state index contributed by atoms with van der Waals surface area (Å²) in [6.07, 6.45) is 1.38. The summed E-state index contributed by atoms with van der Waals surface area (Å²) in [5.74, 6) is -0.154. The first-order valence-electron chi connectivity index (χ1n) is 6.45. The van der Waals surface area contributed by atoms with Gasteiger partial charge in [0, 0.05) is 11.0 Å². The zero-order valence-corrected chi connectivity index (χ0v) is 12.5. The lowest BCUT2D eigenvalue weighted by Gasteiger charge is -2.31. The molecule has 0 fully saturated rings. The normalized spacial score (nSPS) is 12.4. The van der Waals surface area contributed by atoms with Crippen LogP contribution in [0.2, 0.25) is 0 Å². The molecule has 5 nitrogen and oxygen atoms in total. The Hall–Kier alpha value is -2.01. The van der Waals surface area contributed by atoms with Gasteiger partial charge in [0.1, 0.15) is 6.17 Å². The molecule has 0 aliphatic rings. The van der Waals surface area contributed by atoms with Crippen LogP contribution in [0.5, 0.6) is 0 Å².